The van der Waals surface area contributed by atoms with Gasteiger partial charge in [0.05, 0.1) is 5.41 Å². The summed E-state index contributed by atoms with van der Waals surface area (Å²) in [6.07, 6.45) is 2.12. The topological polar surface area (TPSA) is 24.1 Å². The number of hydrogen-bond acceptors (Lipinski definition) is 2. The van der Waals surface area contributed by atoms with E-state index in [0.717, 1.165) is 29.9 Å². The van der Waals surface area contributed by atoms with E-state index >= 15 is 0 Å². The summed E-state index contributed by atoms with van der Waals surface area (Å²) >= 11 is 0. The van der Waals surface area contributed by atoms with Gasteiger partial charge >= 0.3 is 0 Å². The Balaban J connectivity index is 0.857. The first-order valence-corrected chi connectivity index (χ1v) is 28.8. The van der Waals surface area contributed by atoms with E-state index in [1.165, 1.54) is 117 Å². The molecule has 0 amide bonds. The Morgan fingerprint density at radius 3 is 1.59 bits per heavy atom. The molecule has 2 nitrogen and oxygen atoms in total. The van der Waals surface area contributed by atoms with Gasteiger partial charge in [-0.1, -0.05) is 245 Å². The van der Waals surface area contributed by atoms with E-state index in [1.807, 2.05) is 0 Å². The molecule has 10 aromatic rings. The summed E-state index contributed by atoms with van der Waals surface area (Å²) in [5.74, 6) is 0. The van der Waals surface area contributed by atoms with Crippen LogP contribution in [0.25, 0.3) is 55.6 Å². The van der Waals surface area contributed by atoms with Gasteiger partial charge in [-0.25, -0.2) is 0 Å². The van der Waals surface area contributed by atoms with Crippen molar-refractivity contribution in [2.75, 3.05) is 10.6 Å². The van der Waals surface area contributed by atoms with Crippen molar-refractivity contribution in [1.82, 2.24) is 0 Å². The molecule has 1 unspecified atom stereocenters. The van der Waals surface area contributed by atoms with Crippen molar-refractivity contribution in [3.63, 3.8) is 0 Å². The number of rotatable bonds is 10. The summed E-state index contributed by atoms with van der Waals surface area (Å²) in [6.45, 7) is 23.7. The van der Waals surface area contributed by atoms with Crippen molar-refractivity contribution in [2.45, 2.75) is 109 Å². The van der Waals surface area contributed by atoms with E-state index in [-0.39, 0.29) is 21.7 Å². The molecule has 0 aliphatic heterocycles. The first-order valence-electron chi connectivity index (χ1n) is 28.8. The molecule has 3 aliphatic rings. The maximum atomic E-state index is 4.09. The Morgan fingerprint density at radius 1 is 0.342 bits per heavy atom. The lowest BCUT2D eigenvalue weighted by molar-refractivity contribution is 0.485. The van der Waals surface area contributed by atoms with E-state index in [1.54, 1.807) is 0 Å². The largest absolute Gasteiger partial charge is 0.355 e. The molecule has 0 radical (unpaired) electrons. The third-order valence-corrected chi connectivity index (χ3v) is 18.6. The minimum Gasteiger partial charge on any atom is -0.355 e. The summed E-state index contributed by atoms with van der Waals surface area (Å²) in [6, 6.07) is 82.5. The van der Waals surface area contributed by atoms with Crippen LogP contribution in [0.15, 0.2) is 218 Å². The van der Waals surface area contributed by atoms with Crippen LogP contribution in [0.4, 0.5) is 22.7 Å². The van der Waals surface area contributed by atoms with Crippen LogP contribution in [0, 0.1) is 0 Å². The maximum absolute atomic E-state index is 4.09. The van der Waals surface area contributed by atoms with Crippen LogP contribution < -0.4 is 10.6 Å². The summed E-state index contributed by atoms with van der Waals surface area (Å²) in [7, 11) is 0. The highest BCUT2D eigenvalue weighted by Crippen LogP contribution is 2.60. The second-order valence-corrected chi connectivity index (χ2v) is 25.3. The predicted molar refractivity (Wildman–Crippen MR) is 336 cm³/mol. The molecular formula is C77H72N2. The minimum atomic E-state index is -0.532. The predicted octanol–water partition coefficient (Wildman–Crippen LogP) is 20.9. The van der Waals surface area contributed by atoms with E-state index < -0.39 is 5.41 Å². The van der Waals surface area contributed by atoms with Crippen molar-refractivity contribution >= 4 is 22.7 Å². The fourth-order valence-electron chi connectivity index (χ4n) is 14.1. The minimum absolute atomic E-state index is 0.0142. The fraction of sp³-hybridized carbons (Fsp3) is 0.221. The lowest BCUT2D eigenvalue weighted by atomic mass is 9.67. The van der Waals surface area contributed by atoms with Crippen molar-refractivity contribution in [3.8, 4) is 55.6 Å². The van der Waals surface area contributed by atoms with E-state index in [9.17, 15) is 0 Å². The number of fused-ring (bicyclic) bond motifs is 9. The van der Waals surface area contributed by atoms with Crippen LogP contribution in [0.3, 0.4) is 0 Å². The fourth-order valence-corrected chi connectivity index (χ4v) is 14.1. The van der Waals surface area contributed by atoms with Crippen LogP contribution in [0.1, 0.15) is 138 Å². The molecule has 2 N–H and O–H groups in total. The molecule has 79 heavy (non-hydrogen) atoms. The zero-order valence-electron chi connectivity index (χ0n) is 47.7. The third kappa shape index (κ3) is 7.88. The van der Waals surface area contributed by atoms with Gasteiger partial charge in [0, 0.05) is 44.7 Å². The normalized spacial score (nSPS) is 16.1. The second-order valence-electron chi connectivity index (χ2n) is 25.3. The highest BCUT2D eigenvalue weighted by atomic mass is 14.9. The van der Waals surface area contributed by atoms with Crippen molar-refractivity contribution in [1.29, 1.82) is 0 Å². The number of nitrogens with one attached hydrogen (secondary N) is 2. The molecule has 0 bridgehead atoms. The Labute approximate surface area is 469 Å². The van der Waals surface area contributed by atoms with E-state index in [4.69, 9.17) is 0 Å². The Hall–Kier alpha value is -8.20. The van der Waals surface area contributed by atoms with Gasteiger partial charge in [0.25, 0.3) is 0 Å². The molecule has 2 heteroatoms. The van der Waals surface area contributed by atoms with Crippen molar-refractivity contribution in [3.05, 3.63) is 274 Å². The summed E-state index contributed by atoms with van der Waals surface area (Å²) < 4.78 is 0. The highest BCUT2D eigenvalue weighted by molar-refractivity contribution is 5.96. The molecule has 390 valence electrons. The monoisotopic (exact) mass is 1020 g/mol. The summed E-state index contributed by atoms with van der Waals surface area (Å²) in [5, 5.41) is 7.96. The van der Waals surface area contributed by atoms with Crippen LogP contribution in [-0.2, 0) is 27.1 Å². The number of benzene rings is 10. The molecule has 0 saturated heterocycles. The average molecular weight is 1030 g/mol. The molecule has 0 saturated carbocycles. The zero-order chi connectivity index (χ0) is 54.6. The summed E-state index contributed by atoms with van der Waals surface area (Å²) in [4.78, 5) is 0. The molecule has 0 spiro atoms. The average Bonchev–Trinajstić information content (AvgIpc) is 4.21. The Morgan fingerprint density at radius 2 is 0.886 bits per heavy atom. The van der Waals surface area contributed by atoms with E-state index in [0.29, 0.717) is 0 Å². The smallest absolute Gasteiger partial charge is 0.0714 e. The van der Waals surface area contributed by atoms with Gasteiger partial charge in [0.2, 0.25) is 0 Å². The first-order chi connectivity index (χ1) is 38.0. The van der Waals surface area contributed by atoms with Crippen molar-refractivity contribution in [2.24, 2.45) is 0 Å². The molecule has 10 aromatic carbocycles. The quantitative estimate of drug-likeness (QED) is 0.143. The molecule has 0 heterocycles. The van der Waals surface area contributed by atoms with Gasteiger partial charge in [0.15, 0.2) is 0 Å². The molecule has 0 fully saturated rings. The molecule has 0 aromatic heterocycles. The van der Waals surface area contributed by atoms with Crippen LogP contribution in [0.5, 0.6) is 0 Å². The standard InChI is InChI=1S/C77H72N2/c1-11-76(12-2)67-45-55(73(3,4)5)37-41-61(67)72-68(76)46-56(74(6,7)8)47-70(72)79-58-40-42-59-62-44-52(34-43-63(62)75(9,10)66(59)48-58)51-30-35-54(36-31-51)77(53-24-17-14-18-25-53)64-27-20-19-26-60(64)71-65(77)28-21-29-69(71)78-57-38-32-50(33-39-57)49-22-15-13-16-23-49/h13-48,78-79H,11-12H2,1-10H3. The first kappa shape index (κ1) is 50.3. The lowest BCUT2D eigenvalue weighted by Crippen LogP contribution is -2.28. The summed E-state index contributed by atoms with van der Waals surface area (Å²) in [5.41, 5.74) is 30.0. The maximum Gasteiger partial charge on any atom is 0.0714 e. The molecular weight excluding hydrogens is 953 g/mol. The lowest BCUT2D eigenvalue weighted by Gasteiger charge is -2.34. The zero-order valence-corrected chi connectivity index (χ0v) is 47.7. The van der Waals surface area contributed by atoms with Crippen molar-refractivity contribution < 1.29 is 0 Å². The molecule has 13 rings (SSSR count). The van der Waals surface area contributed by atoms with Gasteiger partial charge in [-0.15, -0.1) is 0 Å². The van der Waals surface area contributed by atoms with Gasteiger partial charge in [-0.2, -0.15) is 0 Å². The highest BCUT2D eigenvalue weighted by Gasteiger charge is 2.47. The second kappa shape index (κ2) is 18.5. The van der Waals surface area contributed by atoms with Crippen LogP contribution >= 0.6 is 0 Å². The number of hydrogen-bond donors (Lipinski definition) is 2. The number of anilines is 4. The van der Waals surface area contributed by atoms with E-state index in [2.05, 4.69) is 298 Å². The van der Waals surface area contributed by atoms with Crippen LogP contribution in [-0.4, -0.2) is 0 Å². The Bertz CT molecular complexity index is 3990. The Kier molecular flexibility index (Phi) is 11.8. The third-order valence-electron chi connectivity index (χ3n) is 18.6. The van der Waals surface area contributed by atoms with Gasteiger partial charge in [-0.3, -0.25) is 0 Å². The molecule has 1 atom stereocenters. The van der Waals surface area contributed by atoms with Gasteiger partial charge in [-0.05, 0) is 166 Å². The molecule has 3 aliphatic carbocycles. The van der Waals surface area contributed by atoms with Crippen LogP contribution in [0.2, 0.25) is 0 Å². The SMILES string of the molecule is CCC1(CC)c2cc(C(C)(C)C)ccc2-c2c(Nc3ccc4c(c3)C(C)(C)c3ccc(-c5ccc(C6(c7ccccc7)c7ccccc7-c7c(Nc8ccc(-c9ccccc9)cc8)cccc76)cc5)cc3-4)cc(C(C)(C)C)cc21. The van der Waals surface area contributed by atoms with Gasteiger partial charge in [0.1, 0.15) is 0 Å². The van der Waals surface area contributed by atoms with Gasteiger partial charge < -0.3 is 10.6 Å².